The highest BCUT2D eigenvalue weighted by Crippen LogP contribution is 2.17. The zero-order valence-corrected chi connectivity index (χ0v) is 17.7. The highest BCUT2D eigenvalue weighted by Gasteiger charge is 2.22. The van der Waals surface area contributed by atoms with Gasteiger partial charge in [-0.25, -0.2) is 4.68 Å². The topological polar surface area (TPSA) is 44.6 Å². The molecule has 2 heterocycles. The first-order chi connectivity index (χ1) is 14.6. The van der Waals surface area contributed by atoms with E-state index in [0.29, 0.717) is 0 Å². The van der Waals surface area contributed by atoms with Gasteiger partial charge in [-0.3, -0.25) is 9.69 Å². The Hall–Kier alpha value is -3.12. The van der Waals surface area contributed by atoms with Crippen molar-refractivity contribution in [3.63, 3.8) is 0 Å². The molecule has 1 amide bonds. The number of carbonyl (C=O) groups is 1. The molecule has 0 N–H and O–H groups in total. The molecule has 2 aromatic carbocycles. The lowest BCUT2D eigenvalue weighted by Crippen LogP contribution is -2.48. The number of piperazine rings is 1. The van der Waals surface area contributed by atoms with Crippen LogP contribution in [0.4, 0.5) is 5.69 Å². The highest BCUT2D eigenvalue weighted by atomic mass is 16.2. The van der Waals surface area contributed by atoms with Gasteiger partial charge in [0, 0.05) is 69.3 Å². The second-order valence-corrected chi connectivity index (χ2v) is 7.76. The lowest BCUT2D eigenvalue weighted by atomic mass is 10.1. The van der Waals surface area contributed by atoms with Crippen molar-refractivity contribution in [1.29, 1.82) is 0 Å². The van der Waals surface area contributed by atoms with Crippen LogP contribution in [0.15, 0.2) is 67.0 Å². The van der Waals surface area contributed by atoms with Crippen molar-refractivity contribution in [2.45, 2.75) is 13.5 Å². The summed E-state index contributed by atoms with van der Waals surface area (Å²) in [4.78, 5) is 19.4. The summed E-state index contributed by atoms with van der Waals surface area (Å²) in [5, 5.41) is 4.48. The molecular weight excluding hydrogens is 374 g/mol. The van der Waals surface area contributed by atoms with E-state index >= 15 is 0 Å². The lowest BCUT2D eigenvalue weighted by Gasteiger charge is -2.34. The summed E-state index contributed by atoms with van der Waals surface area (Å²) in [6.45, 7) is 7.17. The molecule has 3 aromatic rings. The van der Waals surface area contributed by atoms with Crippen molar-refractivity contribution in [3.8, 4) is 5.69 Å². The lowest BCUT2D eigenvalue weighted by molar-refractivity contribution is 0.0628. The Morgan fingerprint density at radius 3 is 2.37 bits per heavy atom. The number of para-hydroxylation sites is 1. The Balaban J connectivity index is 1.31. The van der Waals surface area contributed by atoms with Crippen molar-refractivity contribution in [2.24, 2.45) is 0 Å². The molecule has 6 heteroatoms. The van der Waals surface area contributed by atoms with Crippen LogP contribution in [0, 0.1) is 0 Å². The fourth-order valence-electron chi connectivity index (χ4n) is 3.75. The fraction of sp³-hybridized carbons (Fsp3) is 0.333. The molecule has 1 aliphatic heterocycles. The van der Waals surface area contributed by atoms with Gasteiger partial charge in [0.05, 0.1) is 11.9 Å². The molecule has 1 saturated heterocycles. The predicted octanol–water partition coefficient (Wildman–Crippen LogP) is 3.29. The van der Waals surface area contributed by atoms with Crippen LogP contribution in [-0.4, -0.2) is 65.3 Å². The van der Waals surface area contributed by atoms with Gasteiger partial charge in [-0.2, -0.15) is 5.10 Å². The molecule has 156 valence electrons. The molecule has 0 saturated carbocycles. The Labute approximate surface area is 178 Å². The van der Waals surface area contributed by atoms with E-state index in [0.717, 1.165) is 56.2 Å². The zero-order chi connectivity index (χ0) is 20.9. The fourth-order valence-corrected chi connectivity index (χ4v) is 3.75. The largest absolute Gasteiger partial charge is 0.375 e. The van der Waals surface area contributed by atoms with Gasteiger partial charge >= 0.3 is 0 Å². The molecular formula is C24H29N5O. The van der Waals surface area contributed by atoms with E-state index in [1.165, 1.54) is 5.56 Å². The number of hydrogen-bond donors (Lipinski definition) is 0. The summed E-state index contributed by atoms with van der Waals surface area (Å²) in [5.41, 5.74) is 4.15. The van der Waals surface area contributed by atoms with E-state index in [1.807, 2.05) is 70.4 Å². The second kappa shape index (κ2) is 9.13. The Kier molecular flexibility index (Phi) is 6.14. The number of aromatic nitrogens is 2. The maximum atomic E-state index is 12.9. The number of rotatable bonds is 6. The first-order valence-electron chi connectivity index (χ1n) is 10.6. The van der Waals surface area contributed by atoms with Crippen LogP contribution in [0.1, 0.15) is 22.8 Å². The minimum Gasteiger partial charge on any atom is -0.375 e. The normalized spacial score (nSPS) is 14.7. The first kappa shape index (κ1) is 20.2. The van der Waals surface area contributed by atoms with Crippen LogP contribution in [-0.2, 0) is 6.54 Å². The number of benzene rings is 2. The van der Waals surface area contributed by atoms with Crippen molar-refractivity contribution in [2.75, 3.05) is 44.7 Å². The van der Waals surface area contributed by atoms with Crippen LogP contribution >= 0.6 is 0 Å². The minimum absolute atomic E-state index is 0.122. The van der Waals surface area contributed by atoms with Crippen molar-refractivity contribution < 1.29 is 4.79 Å². The molecule has 0 radical (unpaired) electrons. The van der Waals surface area contributed by atoms with Crippen LogP contribution < -0.4 is 4.90 Å². The van der Waals surface area contributed by atoms with E-state index in [9.17, 15) is 4.79 Å². The molecule has 1 aliphatic rings. The molecule has 1 aromatic heterocycles. The molecule has 4 rings (SSSR count). The Morgan fingerprint density at radius 2 is 1.70 bits per heavy atom. The maximum Gasteiger partial charge on any atom is 0.253 e. The third-order valence-electron chi connectivity index (χ3n) is 5.75. The molecule has 0 unspecified atom stereocenters. The third kappa shape index (κ3) is 4.54. The molecule has 0 aliphatic carbocycles. The van der Waals surface area contributed by atoms with Gasteiger partial charge in [-0.1, -0.05) is 18.2 Å². The molecule has 0 spiro atoms. The summed E-state index contributed by atoms with van der Waals surface area (Å²) < 4.78 is 1.91. The van der Waals surface area contributed by atoms with Crippen LogP contribution in [0.25, 0.3) is 5.69 Å². The van der Waals surface area contributed by atoms with Gasteiger partial charge in [-0.05, 0) is 43.3 Å². The van der Waals surface area contributed by atoms with Gasteiger partial charge in [-0.15, -0.1) is 0 Å². The van der Waals surface area contributed by atoms with E-state index in [1.54, 1.807) is 0 Å². The monoisotopic (exact) mass is 403 g/mol. The van der Waals surface area contributed by atoms with Crippen molar-refractivity contribution in [3.05, 3.63) is 78.1 Å². The van der Waals surface area contributed by atoms with Gasteiger partial charge in [0.15, 0.2) is 0 Å². The van der Waals surface area contributed by atoms with E-state index in [4.69, 9.17) is 0 Å². The van der Waals surface area contributed by atoms with Gasteiger partial charge in [0.2, 0.25) is 0 Å². The van der Waals surface area contributed by atoms with Crippen LogP contribution in [0.3, 0.4) is 0 Å². The van der Waals surface area contributed by atoms with Gasteiger partial charge in [0.25, 0.3) is 5.91 Å². The predicted molar refractivity (Wildman–Crippen MR) is 120 cm³/mol. The molecule has 6 nitrogen and oxygen atoms in total. The van der Waals surface area contributed by atoms with Crippen molar-refractivity contribution >= 4 is 11.6 Å². The molecule has 30 heavy (non-hydrogen) atoms. The molecule has 1 fully saturated rings. The third-order valence-corrected chi connectivity index (χ3v) is 5.75. The summed E-state index contributed by atoms with van der Waals surface area (Å²) in [7, 11) is 2.06. The van der Waals surface area contributed by atoms with E-state index in [2.05, 4.69) is 35.1 Å². The zero-order valence-electron chi connectivity index (χ0n) is 17.7. The molecule has 0 atom stereocenters. The highest BCUT2D eigenvalue weighted by molar-refractivity contribution is 5.94. The summed E-state index contributed by atoms with van der Waals surface area (Å²) in [5.74, 6) is 0.122. The first-order valence-corrected chi connectivity index (χ1v) is 10.6. The van der Waals surface area contributed by atoms with Gasteiger partial charge < -0.3 is 9.80 Å². The number of carbonyl (C=O) groups excluding carboxylic acids is 1. The van der Waals surface area contributed by atoms with E-state index in [-0.39, 0.29) is 5.91 Å². The summed E-state index contributed by atoms with van der Waals surface area (Å²) >= 11 is 0. The summed E-state index contributed by atoms with van der Waals surface area (Å²) in [6.07, 6.45) is 4.02. The average molecular weight is 404 g/mol. The van der Waals surface area contributed by atoms with Crippen LogP contribution in [0.2, 0.25) is 0 Å². The van der Waals surface area contributed by atoms with Crippen LogP contribution in [0.5, 0.6) is 0 Å². The Bertz CT molecular complexity index is 959. The van der Waals surface area contributed by atoms with E-state index < -0.39 is 0 Å². The standard InChI is InChI=1S/C24H29N5O/c1-3-26(2)22-11-9-21(10-12-22)24(30)28-15-13-27(14-16-28)18-20-17-25-29(19-20)23-7-5-4-6-8-23/h4-12,17,19H,3,13-16,18H2,1-2H3. The summed E-state index contributed by atoms with van der Waals surface area (Å²) in [6, 6.07) is 18.1. The number of amides is 1. The SMILES string of the molecule is CCN(C)c1ccc(C(=O)N2CCN(Cc3cnn(-c4ccccc4)c3)CC2)cc1. The smallest absolute Gasteiger partial charge is 0.253 e. The maximum absolute atomic E-state index is 12.9. The van der Waals surface area contributed by atoms with Crippen molar-refractivity contribution in [1.82, 2.24) is 19.6 Å². The number of hydrogen-bond acceptors (Lipinski definition) is 4. The molecule has 0 bridgehead atoms. The Morgan fingerprint density at radius 1 is 1.00 bits per heavy atom. The number of anilines is 1. The second-order valence-electron chi connectivity index (χ2n) is 7.76. The van der Waals surface area contributed by atoms with Gasteiger partial charge in [0.1, 0.15) is 0 Å². The minimum atomic E-state index is 0.122. The number of nitrogens with zero attached hydrogens (tertiary/aromatic N) is 5. The average Bonchev–Trinajstić information content (AvgIpc) is 3.28. The quantitative estimate of drug-likeness (QED) is 0.634.